The summed E-state index contributed by atoms with van der Waals surface area (Å²) in [7, 11) is -3.08. The Bertz CT molecular complexity index is 422. The lowest BCUT2D eigenvalue weighted by atomic mass is 10.5. The summed E-state index contributed by atoms with van der Waals surface area (Å²) in [5.74, 6) is 0.655. The van der Waals surface area contributed by atoms with Crippen LogP contribution in [-0.4, -0.2) is 32.0 Å². The van der Waals surface area contributed by atoms with Gasteiger partial charge in [0.15, 0.2) is 0 Å². The van der Waals surface area contributed by atoms with E-state index in [9.17, 15) is 8.42 Å². The number of rotatable bonds is 5. The molecule has 0 aliphatic carbocycles. The first kappa shape index (κ1) is 13.0. The molecule has 0 radical (unpaired) electrons. The summed E-state index contributed by atoms with van der Waals surface area (Å²) in [6.07, 6.45) is 2.85. The zero-order valence-corrected chi connectivity index (χ0v) is 11.3. The Morgan fingerprint density at radius 3 is 2.93 bits per heavy atom. The van der Waals surface area contributed by atoms with Gasteiger partial charge >= 0.3 is 0 Å². The molecule has 0 bridgehead atoms. The van der Waals surface area contributed by atoms with Gasteiger partial charge in [0.05, 0.1) is 6.26 Å². The molecule has 0 aliphatic heterocycles. The van der Waals surface area contributed by atoms with Crippen molar-refractivity contribution >= 4 is 37.7 Å². The highest BCUT2D eigenvalue weighted by Crippen LogP contribution is 2.23. The lowest BCUT2D eigenvalue weighted by Gasteiger charge is -2.03. The Kier molecular flexibility index (Phi) is 5.04. The molecule has 4 nitrogen and oxygen atoms in total. The molecule has 0 amide bonds. The third-order valence-electron chi connectivity index (χ3n) is 1.43. The SMILES string of the molecule is CS(=O)(=O)NCCSc1ncccc1Br. The van der Waals surface area contributed by atoms with Gasteiger partial charge in [0.2, 0.25) is 10.0 Å². The van der Waals surface area contributed by atoms with Crippen molar-refractivity contribution < 1.29 is 8.42 Å². The second-order valence-electron chi connectivity index (χ2n) is 2.81. The smallest absolute Gasteiger partial charge is 0.208 e. The zero-order chi connectivity index (χ0) is 11.3. The van der Waals surface area contributed by atoms with Gasteiger partial charge in [-0.15, -0.1) is 11.8 Å². The molecule has 84 valence electrons. The van der Waals surface area contributed by atoms with Crippen LogP contribution < -0.4 is 4.72 Å². The van der Waals surface area contributed by atoms with Crippen molar-refractivity contribution in [2.24, 2.45) is 0 Å². The number of thioether (sulfide) groups is 1. The third kappa shape index (κ3) is 5.50. The van der Waals surface area contributed by atoms with Crippen molar-refractivity contribution in [3.8, 4) is 0 Å². The number of pyridine rings is 1. The molecule has 0 aliphatic rings. The van der Waals surface area contributed by atoms with E-state index in [1.807, 2.05) is 12.1 Å². The quantitative estimate of drug-likeness (QED) is 0.661. The summed E-state index contributed by atoms with van der Waals surface area (Å²) >= 11 is 4.87. The van der Waals surface area contributed by atoms with Crippen molar-refractivity contribution in [1.82, 2.24) is 9.71 Å². The summed E-state index contributed by atoms with van der Waals surface area (Å²) in [5.41, 5.74) is 0. The summed E-state index contributed by atoms with van der Waals surface area (Å²) in [6, 6.07) is 3.74. The van der Waals surface area contributed by atoms with Gasteiger partial charge < -0.3 is 0 Å². The fraction of sp³-hybridized carbons (Fsp3) is 0.375. The van der Waals surface area contributed by atoms with Crippen LogP contribution in [0.5, 0.6) is 0 Å². The highest BCUT2D eigenvalue weighted by atomic mass is 79.9. The van der Waals surface area contributed by atoms with Crippen LogP contribution in [-0.2, 0) is 10.0 Å². The lowest BCUT2D eigenvalue weighted by molar-refractivity contribution is 0.590. The van der Waals surface area contributed by atoms with Crippen LogP contribution in [0.3, 0.4) is 0 Å². The molecule has 0 atom stereocenters. The van der Waals surface area contributed by atoms with Crippen LogP contribution in [0.25, 0.3) is 0 Å². The average Bonchev–Trinajstić information content (AvgIpc) is 2.13. The molecule has 15 heavy (non-hydrogen) atoms. The summed E-state index contributed by atoms with van der Waals surface area (Å²) in [6.45, 7) is 0.409. The van der Waals surface area contributed by atoms with Crippen molar-refractivity contribution in [1.29, 1.82) is 0 Å². The molecule has 0 fully saturated rings. The summed E-state index contributed by atoms with van der Waals surface area (Å²) < 4.78 is 24.9. The normalized spacial score (nSPS) is 11.6. The van der Waals surface area contributed by atoms with Gasteiger partial charge in [0, 0.05) is 23.0 Å². The number of hydrogen-bond acceptors (Lipinski definition) is 4. The number of halogens is 1. The minimum atomic E-state index is -3.08. The van der Waals surface area contributed by atoms with Gasteiger partial charge in [-0.3, -0.25) is 0 Å². The Morgan fingerprint density at radius 2 is 2.33 bits per heavy atom. The molecule has 0 saturated carbocycles. The average molecular weight is 311 g/mol. The molecular formula is C8H11BrN2O2S2. The Morgan fingerprint density at radius 1 is 1.60 bits per heavy atom. The van der Waals surface area contributed by atoms with E-state index in [1.54, 1.807) is 6.20 Å². The summed E-state index contributed by atoms with van der Waals surface area (Å²) in [5, 5.41) is 0.868. The first-order valence-corrected chi connectivity index (χ1v) is 7.84. The van der Waals surface area contributed by atoms with E-state index in [0.717, 1.165) is 15.8 Å². The standard InChI is InChI=1S/C8H11BrN2O2S2/c1-15(12,13)11-5-6-14-8-7(9)3-2-4-10-8/h2-4,11H,5-6H2,1H3. The number of nitrogens with one attached hydrogen (secondary N) is 1. The number of sulfonamides is 1. The van der Waals surface area contributed by atoms with Crippen molar-refractivity contribution in [3.05, 3.63) is 22.8 Å². The molecule has 0 unspecified atom stereocenters. The molecule has 0 saturated heterocycles. The predicted octanol–water partition coefficient (Wildman–Crippen LogP) is 1.49. The Hall–Kier alpha value is -0.110. The van der Waals surface area contributed by atoms with E-state index < -0.39 is 10.0 Å². The van der Waals surface area contributed by atoms with Gasteiger partial charge in [-0.1, -0.05) is 0 Å². The van der Waals surface area contributed by atoms with Crippen molar-refractivity contribution in [2.75, 3.05) is 18.6 Å². The van der Waals surface area contributed by atoms with Gasteiger partial charge in [-0.2, -0.15) is 0 Å². The highest BCUT2D eigenvalue weighted by molar-refractivity contribution is 9.10. The molecule has 7 heteroatoms. The molecule has 1 aromatic rings. The summed E-state index contributed by atoms with van der Waals surface area (Å²) in [4.78, 5) is 4.15. The van der Waals surface area contributed by atoms with Crippen LogP contribution in [0.15, 0.2) is 27.8 Å². The van der Waals surface area contributed by atoms with Gasteiger partial charge in [-0.25, -0.2) is 18.1 Å². The third-order valence-corrected chi connectivity index (χ3v) is 4.07. The molecular weight excluding hydrogens is 300 g/mol. The number of hydrogen-bond donors (Lipinski definition) is 1. The molecule has 0 aromatic carbocycles. The first-order valence-electron chi connectivity index (χ1n) is 4.17. The van der Waals surface area contributed by atoms with E-state index in [0.29, 0.717) is 12.3 Å². The van der Waals surface area contributed by atoms with Gasteiger partial charge in [-0.05, 0) is 28.1 Å². The maximum atomic E-state index is 10.8. The van der Waals surface area contributed by atoms with E-state index in [1.165, 1.54) is 11.8 Å². The van der Waals surface area contributed by atoms with Crippen LogP contribution in [0.2, 0.25) is 0 Å². The van der Waals surface area contributed by atoms with Crippen LogP contribution >= 0.6 is 27.7 Å². The van der Waals surface area contributed by atoms with E-state index in [4.69, 9.17) is 0 Å². The minimum Gasteiger partial charge on any atom is -0.249 e. The van der Waals surface area contributed by atoms with Crippen LogP contribution in [0.4, 0.5) is 0 Å². The van der Waals surface area contributed by atoms with E-state index in [-0.39, 0.29) is 0 Å². The second-order valence-corrected chi connectivity index (χ2v) is 6.58. The van der Waals surface area contributed by atoms with Crippen LogP contribution in [0, 0.1) is 0 Å². The fourth-order valence-corrected chi connectivity index (χ4v) is 2.79. The first-order chi connectivity index (χ1) is 6.99. The van der Waals surface area contributed by atoms with Gasteiger partial charge in [0.25, 0.3) is 0 Å². The topological polar surface area (TPSA) is 59.1 Å². The molecule has 1 aromatic heterocycles. The van der Waals surface area contributed by atoms with E-state index in [2.05, 4.69) is 25.6 Å². The molecule has 0 spiro atoms. The molecule has 1 N–H and O–H groups in total. The maximum Gasteiger partial charge on any atom is 0.208 e. The predicted molar refractivity (Wildman–Crippen MR) is 65.5 cm³/mol. The van der Waals surface area contributed by atoms with Crippen molar-refractivity contribution in [3.63, 3.8) is 0 Å². The zero-order valence-electron chi connectivity index (χ0n) is 8.10. The van der Waals surface area contributed by atoms with Gasteiger partial charge in [0.1, 0.15) is 5.03 Å². The lowest BCUT2D eigenvalue weighted by Crippen LogP contribution is -2.24. The monoisotopic (exact) mass is 310 g/mol. The number of aromatic nitrogens is 1. The minimum absolute atomic E-state index is 0.409. The number of nitrogens with zero attached hydrogens (tertiary/aromatic N) is 1. The molecule has 1 rings (SSSR count). The largest absolute Gasteiger partial charge is 0.249 e. The van der Waals surface area contributed by atoms with Crippen LogP contribution in [0.1, 0.15) is 0 Å². The second kappa shape index (κ2) is 5.83. The van der Waals surface area contributed by atoms with E-state index >= 15 is 0 Å². The Labute approximate surface area is 102 Å². The van der Waals surface area contributed by atoms with Crippen molar-refractivity contribution in [2.45, 2.75) is 5.03 Å². The Balaban J connectivity index is 2.36. The molecule has 1 heterocycles. The highest BCUT2D eigenvalue weighted by Gasteiger charge is 2.02. The maximum absolute atomic E-state index is 10.8. The fourth-order valence-electron chi connectivity index (χ4n) is 0.852.